The van der Waals surface area contributed by atoms with Gasteiger partial charge >= 0.3 is 0 Å². The van der Waals surface area contributed by atoms with Crippen LogP contribution in [0.3, 0.4) is 0 Å². The minimum Gasteiger partial charge on any atom is -0.496 e. The highest BCUT2D eigenvalue weighted by atomic mass is 16.5. The molecule has 1 N–H and O–H groups in total. The Kier molecular flexibility index (Phi) is 4.10. The number of rotatable bonds is 2. The number of carbonyl (C=O) groups is 1. The molecule has 1 aromatic rings. The molecule has 0 radical (unpaired) electrons. The van der Waals surface area contributed by atoms with E-state index in [0.717, 1.165) is 11.3 Å². The predicted molar refractivity (Wildman–Crippen MR) is 73.4 cm³/mol. The fraction of sp³-hybridized carbons (Fsp3) is 0.533. The van der Waals surface area contributed by atoms with Crippen molar-refractivity contribution in [1.82, 2.24) is 4.90 Å². The third kappa shape index (κ3) is 2.89. The zero-order chi connectivity index (χ0) is 14.0. The fourth-order valence-corrected chi connectivity index (χ4v) is 2.45. The molecule has 104 valence electrons. The molecule has 1 saturated heterocycles. The van der Waals surface area contributed by atoms with Crippen LogP contribution in [-0.2, 0) is 0 Å². The summed E-state index contributed by atoms with van der Waals surface area (Å²) in [4.78, 5) is 14.2. The lowest BCUT2D eigenvalue weighted by Gasteiger charge is -2.34. The number of carbonyl (C=O) groups excluding carboxylic acids is 1. The van der Waals surface area contributed by atoms with E-state index in [0.29, 0.717) is 25.1 Å². The summed E-state index contributed by atoms with van der Waals surface area (Å²) < 4.78 is 5.25. The smallest absolute Gasteiger partial charge is 0.254 e. The topological polar surface area (TPSA) is 49.8 Å². The van der Waals surface area contributed by atoms with Crippen LogP contribution in [0.5, 0.6) is 5.75 Å². The minimum absolute atomic E-state index is 0.0112. The monoisotopic (exact) mass is 263 g/mol. The van der Waals surface area contributed by atoms with E-state index in [4.69, 9.17) is 4.74 Å². The summed E-state index contributed by atoms with van der Waals surface area (Å²) in [6, 6.07) is 5.51. The molecule has 2 unspecified atom stereocenters. The number of methoxy groups -OCH3 is 1. The third-order valence-corrected chi connectivity index (χ3v) is 3.80. The van der Waals surface area contributed by atoms with Crippen molar-refractivity contribution in [2.24, 2.45) is 5.92 Å². The zero-order valence-corrected chi connectivity index (χ0v) is 11.7. The van der Waals surface area contributed by atoms with E-state index in [1.165, 1.54) is 0 Å². The highest BCUT2D eigenvalue weighted by Crippen LogP contribution is 2.22. The van der Waals surface area contributed by atoms with E-state index in [9.17, 15) is 9.90 Å². The van der Waals surface area contributed by atoms with Gasteiger partial charge in [0, 0.05) is 18.7 Å². The first-order valence-corrected chi connectivity index (χ1v) is 6.65. The van der Waals surface area contributed by atoms with E-state index in [1.807, 2.05) is 30.9 Å². The first-order valence-electron chi connectivity index (χ1n) is 6.65. The highest BCUT2D eigenvalue weighted by molar-refractivity contribution is 5.94. The normalized spacial score (nSPS) is 23.3. The van der Waals surface area contributed by atoms with Gasteiger partial charge < -0.3 is 14.7 Å². The van der Waals surface area contributed by atoms with E-state index in [1.54, 1.807) is 13.2 Å². The van der Waals surface area contributed by atoms with E-state index >= 15 is 0 Å². The molecular formula is C15H21NO3. The van der Waals surface area contributed by atoms with Gasteiger partial charge in [0.2, 0.25) is 0 Å². The molecule has 2 atom stereocenters. The Morgan fingerprint density at radius 2 is 2.21 bits per heavy atom. The standard InChI is InChI=1S/C15H21NO3/c1-10-4-5-12(8-14(10)19-3)15(18)16-7-6-13(17)11(2)9-16/h4-5,8,11,13,17H,6-7,9H2,1-3H3. The molecule has 1 aliphatic rings. The van der Waals surface area contributed by atoms with E-state index in [2.05, 4.69) is 0 Å². The molecule has 19 heavy (non-hydrogen) atoms. The second-order valence-electron chi connectivity index (χ2n) is 5.27. The average Bonchev–Trinajstić information content (AvgIpc) is 2.41. The quantitative estimate of drug-likeness (QED) is 0.886. The van der Waals surface area contributed by atoms with Crippen LogP contribution in [0.2, 0.25) is 0 Å². The lowest BCUT2D eigenvalue weighted by molar-refractivity contribution is 0.0297. The molecule has 0 spiro atoms. The van der Waals surface area contributed by atoms with Gasteiger partial charge in [0.1, 0.15) is 5.75 Å². The summed E-state index contributed by atoms with van der Waals surface area (Å²) in [5.74, 6) is 0.873. The zero-order valence-electron chi connectivity index (χ0n) is 11.7. The van der Waals surface area contributed by atoms with Crippen LogP contribution in [0, 0.1) is 12.8 Å². The number of aryl methyl sites for hydroxylation is 1. The van der Waals surface area contributed by atoms with E-state index in [-0.39, 0.29) is 17.9 Å². The number of piperidine rings is 1. The highest BCUT2D eigenvalue weighted by Gasteiger charge is 2.27. The summed E-state index contributed by atoms with van der Waals surface area (Å²) in [7, 11) is 1.61. The Bertz CT molecular complexity index is 472. The van der Waals surface area contributed by atoms with Gasteiger partial charge in [-0.1, -0.05) is 13.0 Å². The average molecular weight is 263 g/mol. The van der Waals surface area contributed by atoms with Gasteiger partial charge in [-0.05, 0) is 37.0 Å². The van der Waals surface area contributed by atoms with Gasteiger partial charge in [-0.25, -0.2) is 0 Å². The molecule has 4 nitrogen and oxygen atoms in total. The second-order valence-corrected chi connectivity index (χ2v) is 5.27. The largest absolute Gasteiger partial charge is 0.496 e. The van der Waals surface area contributed by atoms with Crippen molar-refractivity contribution in [2.45, 2.75) is 26.4 Å². The molecule has 0 saturated carbocycles. The predicted octanol–water partition coefficient (Wildman–Crippen LogP) is 1.85. The first kappa shape index (κ1) is 13.9. The SMILES string of the molecule is COc1cc(C(=O)N2CCC(O)C(C)C2)ccc1C. The van der Waals surface area contributed by atoms with Gasteiger partial charge in [-0.15, -0.1) is 0 Å². The van der Waals surface area contributed by atoms with Crippen LogP contribution in [0.1, 0.15) is 29.3 Å². The molecule has 4 heteroatoms. The Labute approximate surface area is 114 Å². The number of hydrogen-bond donors (Lipinski definition) is 1. The summed E-state index contributed by atoms with van der Waals surface area (Å²) in [5.41, 5.74) is 1.66. The van der Waals surface area contributed by atoms with Crippen LogP contribution >= 0.6 is 0 Å². The molecule has 1 aliphatic heterocycles. The summed E-state index contributed by atoms with van der Waals surface area (Å²) >= 11 is 0. The van der Waals surface area contributed by atoms with Gasteiger partial charge in [0.25, 0.3) is 5.91 Å². The van der Waals surface area contributed by atoms with Crippen LogP contribution in [0.25, 0.3) is 0 Å². The Hall–Kier alpha value is -1.55. The maximum Gasteiger partial charge on any atom is 0.254 e. The molecule has 2 rings (SSSR count). The van der Waals surface area contributed by atoms with Gasteiger partial charge in [-0.3, -0.25) is 4.79 Å². The number of benzene rings is 1. The fourth-order valence-electron chi connectivity index (χ4n) is 2.45. The van der Waals surface area contributed by atoms with Crippen molar-refractivity contribution in [1.29, 1.82) is 0 Å². The second kappa shape index (κ2) is 5.61. The van der Waals surface area contributed by atoms with Crippen molar-refractivity contribution in [3.63, 3.8) is 0 Å². The Balaban J connectivity index is 2.15. The van der Waals surface area contributed by atoms with Gasteiger partial charge in [0.15, 0.2) is 0 Å². The van der Waals surface area contributed by atoms with Crippen LogP contribution in [0.4, 0.5) is 0 Å². The first-order chi connectivity index (χ1) is 9.02. The molecular weight excluding hydrogens is 242 g/mol. The Morgan fingerprint density at radius 3 is 2.84 bits per heavy atom. The number of likely N-dealkylation sites (tertiary alicyclic amines) is 1. The maximum atomic E-state index is 12.4. The minimum atomic E-state index is -0.295. The summed E-state index contributed by atoms with van der Waals surface area (Å²) in [6.07, 6.45) is 0.354. The van der Waals surface area contributed by atoms with Gasteiger partial charge in [0.05, 0.1) is 13.2 Å². The van der Waals surface area contributed by atoms with Crippen LogP contribution in [-0.4, -0.2) is 42.2 Å². The van der Waals surface area contributed by atoms with Crippen molar-refractivity contribution in [3.8, 4) is 5.75 Å². The molecule has 1 amide bonds. The summed E-state index contributed by atoms with van der Waals surface area (Å²) in [6.45, 7) is 5.14. The molecule has 0 aliphatic carbocycles. The Morgan fingerprint density at radius 1 is 1.47 bits per heavy atom. The number of amides is 1. The number of aliphatic hydroxyl groups excluding tert-OH is 1. The number of aliphatic hydroxyl groups is 1. The number of nitrogens with zero attached hydrogens (tertiary/aromatic N) is 1. The molecule has 0 aromatic heterocycles. The molecule has 1 aromatic carbocycles. The van der Waals surface area contributed by atoms with Crippen molar-refractivity contribution in [2.75, 3.05) is 20.2 Å². The van der Waals surface area contributed by atoms with Crippen LogP contribution in [0.15, 0.2) is 18.2 Å². The lowest BCUT2D eigenvalue weighted by Crippen LogP contribution is -2.44. The molecule has 1 fully saturated rings. The molecule has 1 heterocycles. The molecule has 0 bridgehead atoms. The van der Waals surface area contributed by atoms with Crippen molar-refractivity contribution in [3.05, 3.63) is 29.3 Å². The van der Waals surface area contributed by atoms with E-state index < -0.39 is 0 Å². The summed E-state index contributed by atoms with van der Waals surface area (Å²) in [5, 5.41) is 9.71. The number of ether oxygens (including phenoxy) is 1. The number of hydrogen-bond acceptors (Lipinski definition) is 3. The third-order valence-electron chi connectivity index (χ3n) is 3.80. The van der Waals surface area contributed by atoms with Crippen molar-refractivity contribution >= 4 is 5.91 Å². The van der Waals surface area contributed by atoms with Crippen LogP contribution < -0.4 is 4.74 Å². The maximum absolute atomic E-state index is 12.4. The van der Waals surface area contributed by atoms with Crippen molar-refractivity contribution < 1.29 is 14.6 Å². The van der Waals surface area contributed by atoms with Gasteiger partial charge in [-0.2, -0.15) is 0 Å². The lowest BCUT2D eigenvalue weighted by atomic mass is 9.96.